The lowest BCUT2D eigenvalue weighted by molar-refractivity contribution is 0.0594. The molecule has 0 aromatic carbocycles. The van der Waals surface area contributed by atoms with Crippen molar-refractivity contribution < 1.29 is 0 Å². The smallest absolute Gasteiger partial charge is 0.0218 e. The Morgan fingerprint density at radius 3 is 2.60 bits per heavy atom. The third-order valence-corrected chi connectivity index (χ3v) is 5.04. The molecule has 2 fully saturated rings. The first-order chi connectivity index (χ1) is 7.31. The summed E-state index contributed by atoms with van der Waals surface area (Å²) >= 11 is 2.13. The summed E-state index contributed by atoms with van der Waals surface area (Å²) in [5.41, 5.74) is 0. The van der Waals surface area contributed by atoms with Gasteiger partial charge in [-0.05, 0) is 37.8 Å². The van der Waals surface area contributed by atoms with Crippen LogP contribution in [0.4, 0.5) is 0 Å². The molecule has 15 heavy (non-hydrogen) atoms. The summed E-state index contributed by atoms with van der Waals surface area (Å²) in [5, 5.41) is 0. The van der Waals surface area contributed by atoms with Gasteiger partial charge in [0.1, 0.15) is 0 Å². The maximum absolute atomic E-state index is 2.76. The first-order valence-corrected chi connectivity index (χ1v) is 7.48. The SMILES string of the molecule is CC[C@@H]1CN(C2CCSCC2)CCN1C. The molecule has 2 saturated heterocycles. The molecule has 0 N–H and O–H groups in total. The van der Waals surface area contributed by atoms with E-state index >= 15 is 0 Å². The standard InChI is InChI=1S/C12H24N2S/c1-3-11-10-14(7-6-13(11)2)12-4-8-15-9-5-12/h11-12H,3-10H2,1-2H3/t11-/m1/s1. The van der Waals surface area contributed by atoms with Crippen LogP contribution in [-0.2, 0) is 0 Å². The lowest BCUT2D eigenvalue weighted by Gasteiger charge is -2.43. The van der Waals surface area contributed by atoms with Crippen LogP contribution in [0.3, 0.4) is 0 Å². The topological polar surface area (TPSA) is 6.48 Å². The number of hydrogen-bond acceptors (Lipinski definition) is 3. The Morgan fingerprint density at radius 1 is 1.20 bits per heavy atom. The van der Waals surface area contributed by atoms with Crippen LogP contribution in [0.25, 0.3) is 0 Å². The van der Waals surface area contributed by atoms with Crippen molar-refractivity contribution in [1.29, 1.82) is 0 Å². The van der Waals surface area contributed by atoms with Gasteiger partial charge in [0, 0.05) is 31.7 Å². The van der Waals surface area contributed by atoms with Crippen molar-refractivity contribution in [2.75, 3.05) is 38.2 Å². The zero-order valence-electron chi connectivity index (χ0n) is 10.1. The average molecular weight is 228 g/mol. The summed E-state index contributed by atoms with van der Waals surface area (Å²) in [5.74, 6) is 2.77. The van der Waals surface area contributed by atoms with Gasteiger partial charge in [-0.3, -0.25) is 4.90 Å². The van der Waals surface area contributed by atoms with Crippen LogP contribution in [0.2, 0.25) is 0 Å². The molecule has 2 aliphatic rings. The minimum absolute atomic E-state index is 0.799. The lowest BCUT2D eigenvalue weighted by Crippen LogP contribution is -2.54. The lowest BCUT2D eigenvalue weighted by atomic mass is 10.0. The molecule has 2 rings (SSSR count). The quantitative estimate of drug-likeness (QED) is 0.713. The largest absolute Gasteiger partial charge is 0.301 e. The minimum atomic E-state index is 0.799. The summed E-state index contributed by atoms with van der Waals surface area (Å²) < 4.78 is 0. The molecule has 0 amide bonds. The number of nitrogens with zero attached hydrogens (tertiary/aromatic N) is 2. The highest BCUT2D eigenvalue weighted by atomic mass is 32.2. The van der Waals surface area contributed by atoms with Crippen LogP contribution in [0.1, 0.15) is 26.2 Å². The van der Waals surface area contributed by atoms with Crippen molar-refractivity contribution in [2.45, 2.75) is 38.3 Å². The molecule has 0 spiro atoms. The first-order valence-electron chi connectivity index (χ1n) is 6.33. The van der Waals surface area contributed by atoms with Crippen LogP contribution in [-0.4, -0.2) is 60.1 Å². The molecule has 0 aromatic heterocycles. The molecular weight excluding hydrogens is 204 g/mol. The fraction of sp³-hybridized carbons (Fsp3) is 1.00. The van der Waals surface area contributed by atoms with Crippen molar-refractivity contribution in [1.82, 2.24) is 9.80 Å². The fourth-order valence-corrected chi connectivity index (χ4v) is 3.87. The highest BCUT2D eigenvalue weighted by Gasteiger charge is 2.28. The minimum Gasteiger partial charge on any atom is -0.301 e. The third kappa shape index (κ3) is 2.89. The molecule has 0 aromatic rings. The normalized spacial score (nSPS) is 32.0. The summed E-state index contributed by atoms with van der Waals surface area (Å²) in [4.78, 5) is 5.29. The molecule has 88 valence electrons. The maximum Gasteiger partial charge on any atom is 0.0218 e. The Bertz CT molecular complexity index is 192. The number of hydrogen-bond donors (Lipinski definition) is 0. The zero-order chi connectivity index (χ0) is 10.7. The monoisotopic (exact) mass is 228 g/mol. The van der Waals surface area contributed by atoms with E-state index in [0.29, 0.717) is 0 Å². The van der Waals surface area contributed by atoms with Crippen molar-refractivity contribution in [2.24, 2.45) is 0 Å². The summed E-state index contributed by atoms with van der Waals surface area (Å²) in [7, 11) is 2.28. The molecule has 0 saturated carbocycles. The van der Waals surface area contributed by atoms with Crippen LogP contribution < -0.4 is 0 Å². The van der Waals surface area contributed by atoms with Crippen molar-refractivity contribution >= 4 is 11.8 Å². The number of rotatable bonds is 2. The van der Waals surface area contributed by atoms with E-state index in [1.165, 1.54) is 50.4 Å². The maximum atomic E-state index is 2.76. The molecule has 0 unspecified atom stereocenters. The number of likely N-dealkylation sites (N-methyl/N-ethyl adjacent to an activating group) is 1. The molecule has 0 bridgehead atoms. The van der Waals surface area contributed by atoms with E-state index in [9.17, 15) is 0 Å². The van der Waals surface area contributed by atoms with Crippen LogP contribution in [0.5, 0.6) is 0 Å². The van der Waals surface area contributed by atoms with Crippen LogP contribution in [0, 0.1) is 0 Å². The molecular formula is C12H24N2S. The van der Waals surface area contributed by atoms with Gasteiger partial charge in [-0.1, -0.05) is 6.92 Å². The van der Waals surface area contributed by atoms with E-state index < -0.39 is 0 Å². The van der Waals surface area contributed by atoms with Crippen LogP contribution >= 0.6 is 11.8 Å². The van der Waals surface area contributed by atoms with Gasteiger partial charge in [0.25, 0.3) is 0 Å². The van der Waals surface area contributed by atoms with Gasteiger partial charge < -0.3 is 4.90 Å². The first kappa shape index (κ1) is 11.7. The molecule has 2 nitrogen and oxygen atoms in total. The molecule has 3 heteroatoms. The Balaban J connectivity index is 1.87. The molecule has 1 atom stereocenters. The third-order valence-electron chi connectivity index (χ3n) is 3.99. The van der Waals surface area contributed by atoms with E-state index in [1.54, 1.807) is 0 Å². The van der Waals surface area contributed by atoms with Crippen molar-refractivity contribution in [3.05, 3.63) is 0 Å². The van der Waals surface area contributed by atoms with Gasteiger partial charge in [-0.2, -0.15) is 11.8 Å². The Kier molecular flexibility index (Phi) is 4.35. The second-order valence-electron chi connectivity index (χ2n) is 4.88. The van der Waals surface area contributed by atoms with Gasteiger partial charge in [0.2, 0.25) is 0 Å². The Hall–Kier alpha value is 0.270. The van der Waals surface area contributed by atoms with E-state index in [0.717, 1.165) is 12.1 Å². The van der Waals surface area contributed by atoms with E-state index in [1.807, 2.05) is 0 Å². The van der Waals surface area contributed by atoms with E-state index in [2.05, 4.69) is 35.5 Å². The van der Waals surface area contributed by atoms with Crippen molar-refractivity contribution in [3.63, 3.8) is 0 Å². The van der Waals surface area contributed by atoms with Gasteiger partial charge >= 0.3 is 0 Å². The Morgan fingerprint density at radius 2 is 1.93 bits per heavy atom. The van der Waals surface area contributed by atoms with Gasteiger partial charge in [-0.25, -0.2) is 0 Å². The van der Waals surface area contributed by atoms with Crippen molar-refractivity contribution in [3.8, 4) is 0 Å². The second kappa shape index (κ2) is 5.55. The molecule has 0 radical (unpaired) electrons. The number of thioether (sulfide) groups is 1. The summed E-state index contributed by atoms with van der Waals surface area (Å²) in [6.45, 7) is 6.19. The highest BCUT2D eigenvalue weighted by Crippen LogP contribution is 2.24. The van der Waals surface area contributed by atoms with Gasteiger partial charge in [0.05, 0.1) is 0 Å². The van der Waals surface area contributed by atoms with E-state index in [-0.39, 0.29) is 0 Å². The van der Waals surface area contributed by atoms with Crippen LogP contribution in [0.15, 0.2) is 0 Å². The summed E-state index contributed by atoms with van der Waals surface area (Å²) in [6.07, 6.45) is 4.14. The molecule has 2 aliphatic heterocycles. The summed E-state index contributed by atoms with van der Waals surface area (Å²) in [6, 6.07) is 1.70. The predicted molar refractivity (Wildman–Crippen MR) is 68.6 cm³/mol. The van der Waals surface area contributed by atoms with Gasteiger partial charge in [-0.15, -0.1) is 0 Å². The fourth-order valence-electron chi connectivity index (χ4n) is 2.79. The number of piperazine rings is 1. The predicted octanol–water partition coefficient (Wildman–Crippen LogP) is 1.91. The Labute approximate surface area is 98.4 Å². The van der Waals surface area contributed by atoms with E-state index in [4.69, 9.17) is 0 Å². The highest BCUT2D eigenvalue weighted by molar-refractivity contribution is 7.99. The molecule has 0 aliphatic carbocycles. The average Bonchev–Trinajstić information content (AvgIpc) is 2.31. The second-order valence-corrected chi connectivity index (χ2v) is 6.11. The molecule has 2 heterocycles. The zero-order valence-corrected chi connectivity index (χ0v) is 10.9. The van der Waals surface area contributed by atoms with Gasteiger partial charge in [0.15, 0.2) is 0 Å².